The van der Waals surface area contributed by atoms with Crippen LogP contribution < -0.4 is 0 Å². The van der Waals surface area contributed by atoms with E-state index in [1.807, 2.05) is 0 Å². The highest BCUT2D eigenvalue weighted by molar-refractivity contribution is 5.83. The minimum atomic E-state index is 0.621. The number of para-hydroxylation sites is 1. The molecule has 0 radical (unpaired) electrons. The highest BCUT2D eigenvalue weighted by atomic mass is 14.7. The first-order valence-corrected chi connectivity index (χ1v) is 7.60. The van der Waals surface area contributed by atoms with E-state index in [-0.39, 0.29) is 0 Å². The lowest BCUT2D eigenvalue weighted by Gasteiger charge is -2.14. The molecule has 21 heavy (non-hydrogen) atoms. The van der Waals surface area contributed by atoms with Gasteiger partial charge in [0.15, 0.2) is 0 Å². The van der Waals surface area contributed by atoms with Gasteiger partial charge in [0.2, 0.25) is 0 Å². The van der Waals surface area contributed by atoms with E-state index < -0.39 is 0 Å². The summed E-state index contributed by atoms with van der Waals surface area (Å²) in [5.41, 5.74) is 6.09. The number of aryl methyl sites for hydroxylation is 1. The van der Waals surface area contributed by atoms with E-state index >= 15 is 0 Å². The van der Waals surface area contributed by atoms with Gasteiger partial charge in [0.05, 0.1) is 11.2 Å². The van der Waals surface area contributed by atoms with Gasteiger partial charge in [0.25, 0.3) is 0 Å². The summed E-state index contributed by atoms with van der Waals surface area (Å²) in [6.07, 6.45) is 1.06. The van der Waals surface area contributed by atoms with Gasteiger partial charge in [0, 0.05) is 10.9 Å². The monoisotopic (exact) mass is 275 g/mol. The SMILES string of the molecule is Cc1ccccc1-c1nc2ccccc2cc1CC(C)C. The minimum Gasteiger partial charge on any atom is -0.247 e. The van der Waals surface area contributed by atoms with Crippen LogP contribution in [0.1, 0.15) is 25.0 Å². The molecular formula is C20H21N. The Bertz CT molecular complexity index is 772. The van der Waals surface area contributed by atoms with Gasteiger partial charge in [-0.1, -0.05) is 56.3 Å². The number of aromatic nitrogens is 1. The van der Waals surface area contributed by atoms with Crippen molar-refractivity contribution in [3.63, 3.8) is 0 Å². The third-order valence-electron chi connectivity index (χ3n) is 3.83. The summed E-state index contributed by atoms with van der Waals surface area (Å²) in [5, 5.41) is 1.23. The van der Waals surface area contributed by atoms with Crippen molar-refractivity contribution in [2.75, 3.05) is 0 Å². The Morgan fingerprint density at radius 3 is 2.43 bits per heavy atom. The normalized spacial score (nSPS) is 11.2. The third-order valence-corrected chi connectivity index (χ3v) is 3.83. The van der Waals surface area contributed by atoms with Crippen LogP contribution in [0.3, 0.4) is 0 Å². The Balaban J connectivity index is 2.25. The molecule has 0 saturated carbocycles. The zero-order valence-corrected chi connectivity index (χ0v) is 12.9. The largest absolute Gasteiger partial charge is 0.247 e. The maximum atomic E-state index is 4.96. The van der Waals surface area contributed by atoms with Crippen molar-refractivity contribution in [1.82, 2.24) is 4.98 Å². The fraction of sp³-hybridized carbons (Fsp3) is 0.250. The van der Waals surface area contributed by atoms with E-state index in [1.165, 1.54) is 22.1 Å². The number of rotatable bonds is 3. The summed E-state index contributed by atoms with van der Waals surface area (Å²) in [6, 6.07) is 19.2. The van der Waals surface area contributed by atoms with Gasteiger partial charge in [-0.2, -0.15) is 0 Å². The highest BCUT2D eigenvalue weighted by Crippen LogP contribution is 2.29. The molecule has 0 fully saturated rings. The molecule has 1 heterocycles. The van der Waals surface area contributed by atoms with E-state index in [1.54, 1.807) is 0 Å². The molecule has 0 unspecified atom stereocenters. The van der Waals surface area contributed by atoms with Crippen molar-refractivity contribution >= 4 is 10.9 Å². The van der Waals surface area contributed by atoms with Crippen molar-refractivity contribution in [2.45, 2.75) is 27.2 Å². The predicted molar refractivity (Wildman–Crippen MR) is 90.5 cm³/mol. The molecule has 0 saturated heterocycles. The molecule has 3 rings (SSSR count). The molecule has 0 N–H and O–H groups in total. The van der Waals surface area contributed by atoms with Crippen LogP contribution >= 0.6 is 0 Å². The molecule has 1 aromatic heterocycles. The first-order valence-electron chi connectivity index (χ1n) is 7.60. The van der Waals surface area contributed by atoms with Crippen molar-refractivity contribution in [2.24, 2.45) is 5.92 Å². The lowest BCUT2D eigenvalue weighted by Crippen LogP contribution is -2.00. The van der Waals surface area contributed by atoms with Crippen LogP contribution in [0, 0.1) is 12.8 Å². The Kier molecular flexibility index (Phi) is 3.74. The summed E-state index contributed by atoms with van der Waals surface area (Å²) < 4.78 is 0. The first-order chi connectivity index (χ1) is 10.1. The molecule has 0 aliphatic carbocycles. The predicted octanol–water partition coefficient (Wildman–Crippen LogP) is 5.41. The van der Waals surface area contributed by atoms with Crippen molar-refractivity contribution < 1.29 is 0 Å². The van der Waals surface area contributed by atoms with Gasteiger partial charge in [0.1, 0.15) is 0 Å². The zero-order chi connectivity index (χ0) is 14.8. The van der Waals surface area contributed by atoms with Crippen LogP contribution in [0.25, 0.3) is 22.2 Å². The van der Waals surface area contributed by atoms with Gasteiger partial charge < -0.3 is 0 Å². The van der Waals surface area contributed by atoms with Gasteiger partial charge in [-0.25, -0.2) is 4.98 Å². The van der Waals surface area contributed by atoms with Gasteiger partial charge in [-0.15, -0.1) is 0 Å². The van der Waals surface area contributed by atoms with Crippen LogP contribution in [0.5, 0.6) is 0 Å². The summed E-state index contributed by atoms with van der Waals surface area (Å²) in [7, 11) is 0. The quantitative estimate of drug-likeness (QED) is 0.623. The molecule has 2 aromatic carbocycles. The fourth-order valence-electron chi connectivity index (χ4n) is 2.83. The number of hydrogen-bond donors (Lipinski definition) is 0. The van der Waals surface area contributed by atoms with Crippen LogP contribution in [-0.2, 0) is 6.42 Å². The molecule has 1 heteroatoms. The molecule has 106 valence electrons. The number of nitrogens with zero attached hydrogens (tertiary/aromatic N) is 1. The van der Waals surface area contributed by atoms with Crippen LogP contribution in [0.15, 0.2) is 54.6 Å². The number of fused-ring (bicyclic) bond motifs is 1. The molecule has 1 nitrogen and oxygen atoms in total. The first kappa shape index (κ1) is 13.8. The van der Waals surface area contributed by atoms with E-state index in [2.05, 4.69) is 75.4 Å². The summed E-state index contributed by atoms with van der Waals surface area (Å²) in [5.74, 6) is 0.621. The standard InChI is InChI=1S/C20H21N/c1-14(2)12-17-13-16-9-5-7-11-19(16)21-20(17)18-10-6-4-8-15(18)3/h4-11,13-14H,12H2,1-3H3. The molecule has 0 aliphatic heterocycles. The number of hydrogen-bond acceptors (Lipinski definition) is 1. The second-order valence-corrected chi connectivity index (χ2v) is 6.10. The second kappa shape index (κ2) is 5.69. The second-order valence-electron chi connectivity index (χ2n) is 6.10. The molecule has 0 aliphatic rings. The van der Waals surface area contributed by atoms with Crippen LogP contribution in [-0.4, -0.2) is 4.98 Å². The van der Waals surface area contributed by atoms with Crippen LogP contribution in [0.2, 0.25) is 0 Å². The van der Waals surface area contributed by atoms with E-state index in [9.17, 15) is 0 Å². The Morgan fingerprint density at radius 2 is 1.67 bits per heavy atom. The van der Waals surface area contributed by atoms with Crippen molar-refractivity contribution in [3.8, 4) is 11.3 Å². The lowest BCUT2D eigenvalue weighted by molar-refractivity contribution is 0.647. The van der Waals surface area contributed by atoms with E-state index in [4.69, 9.17) is 4.98 Å². The zero-order valence-electron chi connectivity index (χ0n) is 12.9. The summed E-state index contributed by atoms with van der Waals surface area (Å²) >= 11 is 0. The Hall–Kier alpha value is -2.15. The average molecular weight is 275 g/mol. The van der Waals surface area contributed by atoms with E-state index in [0.29, 0.717) is 5.92 Å². The molecule has 0 bridgehead atoms. The topological polar surface area (TPSA) is 12.9 Å². The summed E-state index contributed by atoms with van der Waals surface area (Å²) in [6.45, 7) is 6.68. The molecule has 0 spiro atoms. The smallest absolute Gasteiger partial charge is 0.0744 e. The fourth-order valence-corrected chi connectivity index (χ4v) is 2.83. The van der Waals surface area contributed by atoms with Gasteiger partial charge in [-0.3, -0.25) is 0 Å². The number of pyridine rings is 1. The van der Waals surface area contributed by atoms with Crippen molar-refractivity contribution in [1.29, 1.82) is 0 Å². The maximum absolute atomic E-state index is 4.96. The molecule has 0 amide bonds. The number of benzene rings is 2. The molecule has 0 atom stereocenters. The molecular weight excluding hydrogens is 254 g/mol. The van der Waals surface area contributed by atoms with Gasteiger partial charge >= 0.3 is 0 Å². The average Bonchev–Trinajstić information content (AvgIpc) is 2.47. The Morgan fingerprint density at radius 1 is 0.952 bits per heavy atom. The lowest BCUT2D eigenvalue weighted by atomic mass is 9.94. The van der Waals surface area contributed by atoms with Crippen molar-refractivity contribution in [3.05, 3.63) is 65.7 Å². The Labute approximate surface area is 126 Å². The van der Waals surface area contributed by atoms with Crippen LogP contribution in [0.4, 0.5) is 0 Å². The van der Waals surface area contributed by atoms with Gasteiger partial charge in [-0.05, 0) is 42.5 Å². The summed E-state index contributed by atoms with van der Waals surface area (Å²) in [4.78, 5) is 4.96. The maximum Gasteiger partial charge on any atom is 0.0744 e. The minimum absolute atomic E-state index is 0.621. The highest BCUT2D eigenvalue weighted by Gasteiger charge is 2.12. The molecule has 3 aromatic rings. The third kappa shape index (κ3) is 2.82. The van der Waals surface area contributed by atoms with E-state index in [0.717, 1.165) is 17.6 Å².